The molecule has 0 bridgehead atoms. The monoisotopic (exact) mass is 400 g/mol. The molecule has 2 heterocycles. The van der Waals surface area contributed by atoms with Gasteiger partial charge in [-0.25, -0.2) is 4.98 Å². The lowest BCUT2D eigenvalue weighted by atomic mass is 10.0. The smallest absolute Gasteiger partial charge is 0.266 e. The number of pyridine rings is 1. The molecule has 5 nitrogen and oxygen atoms in total. The lowest BCUT2D eigenvalue weighted by Crippen LogP contribution is -2.22. The number of nitriles is 1. The van der Waals surface area contributed by atoms with Crippen molar-refractivity contribution in [2.75, 3.05) is 0 Å². The Hall–Kier alpha value is -4.56. The van der Waals surface area contributed by atoms with E-state index in [-0.39, 0.29) is 5.56 Å². The van der Waals surface area contributed by atoms with Crippen LogP contribution < -0.4 is 5.56 Å². The minimum absolute atomic E-state index is 0.175. The first-order chi connectivity index (χ1) is 15.3. The van der Waals surface area contributed by atoms with Crippen LogP contribution in [0.5, 0.6) is 0 Å². The Bertz CT molecular complexity index is 1500. The number of fused-ring (bicyclic) bond motifs is 1. The molecule has 31 heavy (non-hydrogen) atoms. The van der Waals surface area contributed by atoms with Crippen molar-refractivity contribution in [2.24, 2.45) is 0 Å². The number of benzene rings is 3. The van der Waals surface area contributed by atoms with Crippen molar-refractivity contribution in [3.63, 3.8) is 0 Å². The van der Waals surface area contributed by atoms with Gasteiger partial charge in [0.05, 0.1) is 33.9 Å². The molecule has 3 aromatic carbocycles. The third-order valence-electron chi connectivity index (χ3n) is 5.12. The van der Waals surface area contributed by atoms with E-state index >= 15 is 0 Å². The number of para-hydroxylation sites is 1. The minimum atomic E-state index is -0.175. The molecule has 0 spiro atoms. The molecule has 0 radical (unpaired) electrons. The van der Waals surface area contributed by atoms with Crippen molar-refractivity contribution in [3.8, 4) is 34.4 Å². The first kappa shape index (κ1) is 18.5. The van der Waals surface area contributed by atoms with Gasteiger partial charge in [0.1, 0.15) is 5.82 Å². The number of rotatable bonds is 3. The van der Waals surface area contributed by atoms with Crippen LogP contribution in [0.25, 0.3) is 39.2 Å². The van der Waals surface area contributed by atoms with Crippen molar-refractivity contribution in [1.82, 2.24) is 14.5 Å². The number of hydrogen-bond donors (Lipinski definition) is 0. The quantitative estimate of drug-likeness (QED) is 0.428. The topological polar surface area (TPSA) is 71.6 Å². The van der Waals surface area contributed by atoms with E-state index in [1.54, 1.807) is 35.0 Å². The maximum absolute atomic E-state index is 13.7. The van der Waals surface area contributed by atoms with Gasteiger partial charge in [-0.2, -0.15) is 5.26 Å². The van der Waals surface area contributed by atoms with Gasteiger partial charge in [0.15, 0.2) is 0 Å². The second-order valence-corrected chi connectivity index (χ2v) is 7.02. The maximum Gasteiger partial charge on any atom is 0.266 e. The summed E-state index contributed by atoms with van der Waals surface area (Å²) in [5.74, 6) is 0.534. The van der Waals surface area contributed by atoms with Crippen molar-refractivity contribution >= 4 is 10.9 Å². The molecule has 0 saturated heterocycles. The summed E-state index contributed by atoms with van der Waals surface area (Å²) in [7, 11) is 0. The Labute approximate surface area is 178 Å². The zero-order chi connectivity index (χ0) is 21.2. The normalized spacial score (nSPS) is 10.7. The minimum Gasteiger partial charge on any atom is -0.268 e. The molecule has 5 heteroatoms. The fourth-order valence-corrected chi connectivity index (χ4v) is 3.66. The van der Waals surface area contributed by atoms with Crippen LogP contribution in [0.1, 0.15) is 5.56 Å². The Kier molecular flexibility index (Phi) is 4.58. The summed E-state index contributed by atoms with van der Waals surface area (Å²) in [6, 6.07) is 29.9. The first-order valence-electron chi connectivity index (χ1n) is 9.79. The molecule has 0 aliphatic rings. The van der Waals surface area contributed by atoms with Crippen molar-refractivity contribution < 1.29 is 0 Å². The van der Waals surface area contributed by atoms with Crippen LogP contribution in [0.15, 0.2) is 102 Å². The molecule has 146 valence electrons. The van der Waals surface area contributed by atoms with E-state index in [2.05, 4.69) is 11.1 Å². The molecule has 0 fully saturated rings. The average Bonchev–Trinajstić information content (AvgIpc) is 2.85. The summed E-state index contributed by atoms with van der Waals surface area (Å²) >= 11 is 0. The molecule has 0 unspecified atom stereocenters. The van der Waals surface area contributed by atoms with E-state index in [1.165, 1.54) is 0 Å². The largest absolute Gasteiger partial charge is 0.268 e. The molecular formula is C26H16N4O. The van der Waals surface area contributed by atoms with Crippen LogP contribution in [-0.2, 0) is 0 Å². The number of aromatic nitrogens is 3. The Morgan fingerprint density at radius 1 is 0.839 bits per heavy atom. The first-order valence-corrected chi connectivity index (χ1v) is 9.79. The third-order valence-corrected chi connectivity index (χ3v) is 5.12. The second-order valence-electron chi connectivity index (χ2n) is 7.02. The van der Waals surface area contributed by atoms with E-state index in [1.807, 2.05) is 66.7 Å². The van der Waals surface area contributed by atoms with Crippen LogP contribution >= 0.6 is 0 Å². The number of nitrogens with zero attached hydrogens (tertiary/aromatic N) is 4. The van der Waals surface area contributed by atoms with Gasteiger partial charge in [-0.15, -0.1) is 0 Å². The summed E-state index contributed by atoms with van der Waals surface area (Å²) in [4.78, 5) is 23.0. The molecule has 0 atom stereocenters. The average molecular weight is 400 g/mol. The number of hydrogen-bond acceptors (Lipinski definition) is 4. The highest BCUT2D eigenvalue weighted by Crippen LogP contribution is 2.29. The molecule has 0 N–H and O–H groups in total. The van der Waals surface area contributed by atoms with E-state index < -0.39 is 0 Å². The van der Waals surface area contributed by atoms with Crippen LogP contribution in [0, 0.1) is 11.3 Å². The van der Waals surface area contributed by atoms with E-state index in [4.69, 9.17) is 4.98 Å². The molecule has 0 saturated carbocycles. The lowest BCUT2D eigenvalue weighted by Gasteiger charge is -2.17. The van der Waals surface area contributed by atoms with E-state index in [0.29, 0.717) is 39.2 Å². The summed E-state index contributed by atoms with van der Waals surface area (Å²) < 4.78 is 1.61. The van der Waals surface area contributed by atoms with Crippen LogP contribution in [0.2, 0.25) is 0 Å². The highest BCUT2D eigenvalue weighted by molar-refractivity contribution is 5.82. The van der Waals surface area contributed by atoms with Crippen molar-refractivity contribution in [2.45, 2.75) is 0 Å². The molecule has 0 aliphatic carbocycles. The van der Waals surface area contributed by atoms with Gasteiger partial charge in [-0.3, -0.25) is 14.3 Å². The Balaban J connectivity index is 1.91. The summed E-state index contributed by atoms with van der Waals surface area (Å²) in [6.07, 6.45) is 1.69. The van der Waals surface area contributed by atoms with Crippen LogP contribution in [0.3, 0.4) is 0 Å². The molecule has 5 aromatic rings. The fourth-order valence-electron chi connectivity index (χ4n) is 3.66. The van der Waals surface area contributed by atoms with Gasteiger partial charge in [-0.05, 0) is 42.5 Å². The SMILES string of the molecule is N#Cc1ccc(-n2c(-c3ccccc3)nc3ccccc3c2=O)c(-c2ccccn2)c1. The van der Waals surface area contributed by atoms with E-state index in [0.717, 1.165) is 5.56 Å². The second kappa shape index (κ2) is 7.69. The molecule has 2 aromatic heterocycles. The Morgan fingerprint density at radius 3 is 2.39 bits per heavy atom. The zero-order valence-electron chi connectivity index (χ0n) is 16.4. The van der Waals surface area contributed by atoms with Gasteiger partial charge in [0, 0.05) is 17.3 Å². The summed E-state index contributed by atoms with van der Waals surface area (Å²) in [6.45, 7) is 0. The zero-order valence-corrected chi connectivity index (χ0v) is 16.4. The third kappa shape index (κ3) is 3.26. The van der Waals surface area contributed by atoms with Crippen LogP contribution in [0.4, 0.5) is 0 Å². The van der Waals surface area contributed by atoms with E-state index in [9.17, 15) is 10.1 Å². The van der Waals surface area contributed by atoms with Gasteiger partial charge in [0.25, 0.3) is 5.56 Å². The maximum atomic E-state index is 13.7. The van der Waals surface area contributed by atoms with Gasteiger partial charge in [0.2, 0.25) is 0 Å². The highest BCUT2D eigenvalue weighted by Gasteiger charge is 2.18. The molecular weight excluding hydrogens is 384 g/mol. The lowest BCUT2D eigenvalue weighted by molar-refractivity contribution is 0.976. The van der Waals surface area contributed by atoms with Crippen LogP contribution in [-0.4, -0.2) is 14.5 Å². The molecule has 5 rings (SSSR count). The van der Waals surface area contributed by atoms with Crippen molar-refractivity contribution in [1.29, 1.82) is 5.26 Å². The highest BCUT2D eigenvalue weighted by atomic mass is 16.1. The van der Waals surface area contributed by atoms with Gasteiger partial charge in [-0.1, -0.05) is 48.5 Å². The molecule has 0 aliphatic heterocycles. The van der Waals surface area contributed by atoms with Gasteiger partial charge >= 0.3 is 0 Å². The summed E-state index contributed by atoms with van der Waals surface area (Å²) in [5, 5.41) is 9.97. The van der Waals surface area contributed by atoms with Gasteiger partial charge < -0.3 is 0 Å². The van der Waals surface area contributed by atoms with Crippen molar-refractivity contribution in [3.05, 3.63) is 113 Å². The predicted octanol–water partition coefficient (Wildman–Crippen LogP) is 4.99. The standard InChI is InChI=1S/C26H16N4O/c27-17-18-13-14-24(21(16-18)22-11-6-7-15-28-22)30-25(19-8-2-1-3-9-19)29-23-12-5-4-10-20(23)26(30)31/h1-16H. The Morgan fingerprint density at radius 2 is 1.61 bits per heavy atom. The predicted molar refractivity (Wildman–Crippen MR) is 121 cm³/mol. The fraction of sp³-hybridized carbons (Fsp3) is 0. The molecule has 0 amide bonds. The summed E-state index contributed by atoms with van der Waals surface area (Å²) in [5.41, 5.74) is 3.76.